The van der Waals surface area contributed by atoms with Crippen LogP contribution in [0.3, 0.4) is 0 Å². The highest BCUT2D eigenvalue weighted by molar-refractivity contribution is 5.82. The van der Waals surface area contributed by atoms with Crippen molar-refractivity contribution in [3.05, 3.63) is 64.4 Å². The Balaban J connectivity index is 2.04. The number of aryl methyl sites for hydroxylation is 1. The summed E-state index contributed by atoms with van der Waals surface area (Å²) in [6.07, 6.45) is 9.46. The average molecular weight is 337 g/mol. The normalized spacial score (nSPS) is 18.7. The summed E-state index contributed by atoms with van der Waals surface area (Å²) in [5.74, 6) is 0.591. The third kappa shape index (κ3) is 3.09. The van der Waals surface area contributed by atoms with Crippen molar-refractivity contribution >= 4 is 16.7 Å². The van der Waals surface area contributed by atoms with E-state index >= 15 is 0 Å². The lowest BCUT2D eigenvalue weighted by molar-refractivity contribution is 0.272. The van der Waals surface area contributed by atoms with Crippen molar-refractivity contribution in [2.24, 2.45) is 5.92 Å². The monoisotopic (exact) mass is 337 g/mol. The second kappa shape index (κ2) is 6.79. The molecule has 1 unspecified atom stereocenters. The van der Waals surface area contributed by atoms with Crippen molar-refractivity contribution in [2.75, 3.05) is 0 Å². The van der Waals surface area contributed by atoms with Crippen LogP contribution in [0.5, 0.6) is 0 Å². The molecule has 0 amide bonds. The number of allylic oxidation sites excluding steroid dienone is 4. The van der Waals surface area contributed by atoms with Crippen LogP contribution in [0.15, 0.2) is 53.1 Å². The highest BCUT2D eigenvalue weighted by Gasteiger charge is 2.22. The van der Waals surface area contributed by atoms with Gasteiger partial charge in [-0.1, -0.05) is 32.4 Å². The van der Waals surface area contributed by atoms with E-state index < -0.39 is 0 Å². The molecule has 4 heteroatoms. The molecule has 0 saturated heterocycles. The number of benzene rings is 1. The Kier molecular flexibility index (Phi) is 4.71. The number of imidazole rings is 1. The predicted octanol–water partition coefficient (Wildman–Crippen LogP) is 4.65. The van der Waals surface area contributed by atoms with E-state index in [1.165, 1.54) is 0 Å². The van der Waals surface area contributed by atoms with E-state index in [1.807, 2.05) is 38.1 Å². The lowest BCUT2D eigenvalue weighted by Gasteiger charge is -2.35. The average Bonchev–Trinajstić information content (AvgIpc) is 2.94. The molecule has 132 valence electrons. The van der Waals surface area contributed by atoms with Crippen molar-refractivity contribution in [1.29, 1.82) is 0 Å². The van der Waals surface area contributed by atoms with Gasteiger partial charge in [0.1, 0.15) is 0 Å². The first-order valence-corrected chi connectivity index (χ1v) is 9.02. The fourth-order valence-corrected chi connectivity index (χ4v) is 3.36. The van der Waals surface area contributed by atoms with Crippen LogP contribution in [0.4, 0.5) is 0 Å². The van der Waals surface area contributed by atoms with Gasteiger partial charge < -0.3 is 9.88 Å². The molecule has 1 N–H and O–H groups in total. The van der Waals surface area contributed by atoms with Gasteiger partial charge >= 0.3 is 5.69 Å². The van der Waals surface area contributed by atoms with E-state index in [9.17, 15) is 4.79 Å². The number of fused-ring (bicyclic) bond motifs is 1. The van der Waals surface area contributed by atoms with Gasteiger partial charge in [0.2, 0.25) is 0 Å². The minimum absolute atomic E-state index is 0.102. The number of aromatic amines is 1. The summed E-state index contributed by atoms with van der Waals surface area (Å²) >= 11 is 0. The smallest absolute Gasteiger partial charge is 0.331 e. The molecule has 1 aliphatic heterocycles. The highest BCUT2D eigenvalue weighted by Crippen LogP contribution is 2.27. The third-order valence-corrected chi connectivity index (χ3v) is 5.30. The summed E-state index contributed by atoms with van der Waals surface area (Å²) in [6.45, 7) is 10.8. The molecular weight excluding hydrogens is 310 g/mol. The standard InChI is InChI=1S/C21H27N3O/c1-6-15(4)16(5)23-11-10-18(13-17(23)7-2)24-20-9-8-14(3)12-19(20)22-21(24)25/h7-13,15-16H,6H2,1-5H3,(H,22,25)/b17-7-/t15-,16?/m0/s1. The molecule has 1 aromatic heterocycles. The molecule has 4 nitrogen and oxygen atoms in total. The van der Waals surface area contributed by atoms with Crippen molar-refractivity contribution in [3.8, 4) is 0 Å². The number of rotatable bonds is 4. The molecule has 1 aliphatic rings. The summed E-state index contributed by atoms with van der Waals surface area (Å²) in [4.78, 5) is 17.8. The number of nitrogens with zero attached hydrogens (tertiary/aromatic N) is 2. The zero-order chi connectivity index (χ0) is 18.1. The molecule has 2 atom stereocenters. The summed E-state index contributed by atoms with van der Waals surface area (Å²) in [7, 11) is 0. The molecule has 0 radical (unpaired) electrons. The molecule has 3 rings (SSSR count). The minimum atomic E-state index is -0.102. The Hall–Kier alpha value is -2.49. The Morgan fingerprint density at radius 2 is 2.04 bits per heavy atom. The quantitative estimate of drug-likeness (QED) is 0.882. The van der Waals surface area contributed by atoms with Gasteiger partial charge in [-0.3, -0.25) is 4.57 Å². The van der Waals surface area contributed by atoms with Crippen LogP contribution in [-0.4, -0.2) is 20.5 Å². The van der Waals surface area contributed by atoms with Gasteiger partial charge in [-0.25, -0.2) is 4.79 Å². The number of hydrogen-bond donors (Lipinski definition) is 1. The molecule has 0 fully saturated rings. The van der Waals surface area contributed by atoms with Crippen LogP contribution in [0.25, 0.3) is 16.7 Å². The maximum absolute atomic E-state index is 12.5. The number of hydrogen-bond acceptors (Lipinski definition) is 2. The van der Waals surface area contributed by atoms with E-state index in [0.717, 1.165) is 34.4 Å². The number of nitrogens with one attached hydrogen (secondary N) is 1. The molecule has 0 bridgehead atoms. The van der Waals surface area contributed by atoms with Crippen LogP contribution in [-0.2, 0) is 0 Å². The van der Waals surface area contributed by atoms with Crippen LogP contribution in [0.2, 0.25) is 0 Å². The number of aromatic nitrogens is 2. The predicted molar refractivity (Wildman–Crippen MR) is 105 cm³/mol. The van der Waals surface area contributed by atoms with Crippen LogP contribution in [0, 0.1) is 12.8 Å². The van der Waals surface area contributed by atoms with Crippen molar-refractivity contribution in [3.63, 3.8) is 0 Å². The fraction of sp³-hybridized carbons (Fsp3) is 0.381. The van der Waals surface area contributed by atoms with Crippen molar-refractivity contribution in [1.82, 2.24) is 14.5 Å². The number of H-pyrrole nitrogens is 1. The largest absolute Gasteiger partial charge is 0.345 e. The van der Waals surface area contributed by atoms with Crippen molar-refractivity contribution in [2.45, 2.75) is 47.1 Å². The zero-order valence-electron chi connectivity index (χ0n) is 15.7. The lowest BCUT2D eigenvalue weighted by Crippen LogP contribution is -2.34. The maximum atomic E-state index is 12.5. The Morgan fingerprint density at radius 1 is 1.28 bits per heavy atom. The van der Waals surface area contributed by atoms with Gasteiger partial charge in [0.15, 0.2) is 0 Å². The molecule has 1 aromatic carbocycles. The molecule has 25 heavy (non-hydrogen) atoms. The summed E-state index contributed by atoms with van der Waals surface area (Å²) in [5.41, 5.74) is 4.83. The molecule has 0 aliphatic carbocycles. The second-order valence-electron chi connectivity index (χ2n) is 6.92. The Labute approximate surface area is 149 Å². The summed E-state index contributed by atoms with van der Waals surface area (Å²) in [6, 6.07) is 6.45. The van der Waals surface area contributed by atoms with E-state index in [1.54, 1.807) is 4.57 Å². The molecule has 0 saturated carbocycles. The molecule has 2 heterocycles. The zero-order valence-corrected chi connectivity index (χ0v) is 15.7. The van der Waals surface area contributed by atoms with Crippen LogP contribution >= 0.6 is 0 Å². The van der Waals surface area contributed by atoms with Gasteiger partial charge in [0.05, 0.1) is 16.7 Å². The van der Waals surface area contributed by atoms with Gasteiger partial charge in [-0.05, 0) is 56.5 Å². The lowest BCUT2D eigenvalue weighted by atomic mass is 9.98. The van der Waals surface area contributed by atoms with E-state index in [2.05, 4.69) is 49.0 Å². The Bertz CT molecular complexity index is 926. The van der Waals surface area contributed by atoms with E-state index in [4.69, 9.17) is 0 Å². The van der Waals surface area contributed by atoms with Gasteiger partial charge in [0.25, 0.3) is 0 Å². The molecular formula is C21H27N3O. The topological polar surface area (TPSA) is 41.0 Å². The van der Waals surface area contributed by atoms with Gasteiger partial charge in [-0.15, -0.1) is 0 Å². The van der Waals surface area contributed by atoms with E-state index in [0.29, 0.717) is 12.0 Å². The van der Waals surface area contributed by atoms with Crippen molar-refractivity contribution < 1.29 is 0 Å². The first kappa shape index (κ1) is 17.3. The molecule has 2 aromatic rings. The van der Waals surface area contributed by atoms with Crippen LogP contribution in [0.1, 0.15) is 39.7 Å². The van der Waals surface area contributed by atoms with Gasteiger partial charge in [0, 0.05) is 17.9 Å². The first-order valence-electron chi connectivity index (χ1n) is 9.02. The SMILES string of the molecule is C/C=C1/C=C(n2c(=O)[nH]c3cc(C)ccc32)C=CN1C(C)[C@@H](C)CC. The minimum Gasteiger partial charge on any atom is -0.345 e. The fourth-order valence-electron chi connectivity index (χ4n) is 3.36. The van der Waals surface area contributed by atoms with Gasteiger partial charge in [-0.2, -0.15) is 0 Å². The highest BCUT2D eigenvalue weighted by atomic mass is 16.1. The summed E-state index contributed by atoms with van der Waals surface area (Å²) in [5, 5.41) is 0. The maximum Gasteiger partial charge on any atom is 0.331 e. The summed E-state index contributed by atoms with van der Waals surface area (Å²) < 4.78 is 1.75. The third-order valence-electron chi connectivity index (χ3n) is 5.30. The Morgan fingerprint density at radius 3 is 2.72 bits per heavy atom. The van der Waals surface area contributed by atoms with E-state index in [-0.39, 0.29) is 5.69 Å². The first-order chi connectivity index (χ1) is 12.0. The second-order valence-corrected chi connectivity index (χ2v) is 6.92. The molecule has 0 spiro atoms. The van der Waals surface area contributed by atoms with Crippen LogP contribution < -0.4 is 5.69 Å².